The first kappa shape index (κ1) is 13.8. The van der Waals surface area contributed by atoms with Crippen molar-refractivity contribution in [2.75, 3.05) is 16.8 Å². The molecule has 2 amide bonds. The number of hydrogen-bond acceptors (Lipinski definition) is 3. The summed E-state index contributed by atoms with van der Waals surface area (Å²) in [6, 6.07) is 15.9. The lowest BCUT2D eigenvalue weighted by Crippen LogP contribution is -2.38. The topological polar surface area (TPSA) is 73.2 Å². The highest BCUT2D eigenvalue weighted by atomic mass is 16.2. The Morgan fingerprint density at radius 3 is 2.55 bits per heavy atom. The van der Waals surface area contributed by atoms with Crippen LogP contribution in [-0.2, 0) is 16.0 Å². The van der Waals surface area contributed by atoms with E-state index in [1.807, 2.05) is 30.3 Å². The fraction of sp³-hybridized carbons (Fsp3) is 0.118. The van der Waals surface area contributed by atoms with Gasteiger partial charge in [-0.1, -0.05) is 18.2 Å². The van der Waals surface area contributed by atoms with E-state index in [1.165, 1.54) is 4.90 Å². The summed E-state index contributed by atoms with van der Waals surface area (Å²) in [5.74, 6) is -1.25. The monoisotopic (exact) mass is 291 g/mol. The summed E-state index contributed by atoms with van der Waals surface area (Å²) in [6.45, 7) is 0.513. The molecule has 1 aliphatic heterocycles. The van der Waals surface area contributed by atoms with Gasteiger partial charge in [-0.3, -0.25) is 9.59 Å². The Morgan fingerprint density at radius 1 is 1.09 bits per heavy atom. The van der Waals surface area contributed by atoms with E-state index < -0.39 is 11.8 Å². The average Bonchev–Trinajstić information content (AvgIpc) is 2.99. The molecule has 5 heteroatoms. The fourth-order valence-corrected chi connectivity index (χ4v) is 2.48. The number of amides is 2. The maximum atomic E-state index is 12.3. The van der Waals surface area contributed by atoms with Crippen molar-refractivity contribution in [1.29, 1.82) is 5.26 Å². The van der Waals surface area contributed by atoms with Crippen molar-refractivity contribution in [1.82, 2.24) is 0 Å². The molecule has 0 unspecified atom stereocenters. The molecule has 0 spiro atoms. The van der Waals surface area contributed by atoms with Gasteiger partial charge >= 0.3 is 11.8 Å². The number of carbonyl (C=O) groups excluding carboxylic acids is 2. The van der Waals surface area contributed by atoms with Gasteiger partial charge in [0.15, 0.2) is 0 Å². The number of hydrogen-bond donors (Lipinski definition) is 1. The van der Waals surface area contributed by atoms with Crippen molar-refractivity contribution in [3.63, 3.8) is 0 Å². The van der Waals surface area contributed by atoms with Gasteiger partial charge < -0.3 is 10.2 Å². The lowest BCUT2D eigenvalue weighted by Gasteiger charge is -2.16. The number of fused-ring (bicyclic) bond motifs is 1. The first-order chi connectivity index (χ1) is 10.7. The van der Waals surface area contributed by atoms with E-state index in [0.29, 0.717) is 17.8 Å². The minimum absolute atomic E-state index is 0.491. The number of benzene rings is 2. The summed E-state index contributed by atoms with van der Waals surface area (Å²) in [5.41, 5.74) is 2.85. The molecular formula is C17H13N3O2. The molecule has 1 heterocycles. The fourth-order valence-electron chi connectivity index (χ4n) is 2.48. The third-order valence-electron chi connectivity index (χ3n) is 3.60. The van der Waals surface area contributed by atoms with Crippen LogP contribution >= 0.6 is 0 Å². The van der Waals surface area contributed by atoms with Gasteiger partial charge in [-0.25, -0.2) is 0 Å². The first-order valence-corrected chi connectivity index (χ1v) is 6.90. The predicted octanol–water partition coefficient (Wildman–Crippen LogP) is 2.09. The molecule has 0 saturated carbocycles. The summed E-state index contributed by atoms with van der Waals surface area (Å²) in [5, 5.41) is 11.3. The van der Waals surface area contributed by atoms with Crippen molar-refractivity contribution >= 4 is 23.2 Å². The van der Waals surface area contributed by atoms with Crippen LogP contribution in [0.4, 0.5) is 11.4 Å². The highest BCUT2D eigenvalue weighted by Gasteiger charge is 2.28. The van der Waals surface area contributed by atoms with Crippen LogP contribution in [0.5, 0.6) is 0 Å². The summed E-state index contributed by atoms with van der Waals surface area (Å²) in [7, 11) is 0. The van der Waals surface area contributed by atoms with Gasteiger partial charge in [-0.05, 0) is 42.3 Å². The molecule has 0 bridgehead atoms. The Labute approximate surface area is 127 Å². The maximum absolute atomic E-state index is 12.3. The smallest absolute Gasteiger partial charge is 0.316 e. The molecule has 0 fully saturated rings. The number of nitrogens with zero attached hydrogens (tertiary/aromatic N) is 2. The summed E-state index contributed by atoms with van der Waals surface area (Å²) < 4.78 is 0. The van der Waals surface area contributed by atoms with Crippen molar-refractivity contribution < 1.29 is 9.59 Å². The van der Waals surface area contributed by atoms with Crippen molar-refractivity contribution in [2.24, 2.45) is 0 Å². The van der Waals surface area contributed by atoms with Gasteiger partial charge in [0.25, 0.3) is 0 Å². The Morgan fingerprint density at radius 2 is 1.82 bits per heavy atom. The molecule has 0 aromatic heterocycles. The molecule has 0 aliphatic carbocycles. The van der Waals surface area contributed by atoms with Crippen LogP contribution in [0.15, 0.2) is 48.5 Å². The third kappa shape index (κ3) is 2.54. The summed E-state index contributed by atoms with van der Waals surface area (Å²) in [6.07, 6.45) is 0.756. The molecule has 5 nitrogen and oxygen atoms in total. The summed E-state index contributed by atoms with van der Waals surface area (Å²) >= 11 is 0. The Kier molecular flexibility index (Phi) is 3.58. The molecule has 2 aromatic carbocycles. The van der Waals surface area contributed by atoms with Crippen LogP contribution in [0.25, 0.3) is 0 Å². The quantitative estimate of drug-likeness (QED) is 0.818. The molecule has 1 aliphatic rings. The second-order valence-electron chi connectivity index (χ2n) is 4.98. The number of rotatable bonds is 1. The zero-order valence-corrected chi connectivity index (χ0v) is 11.7. The largest absolute Gasteiger partial charge is 0.318 e. The number of nitriles is 1. The normalized spacial score (nSPS) is 12.4. The molecule has 0 saturated heterocycles. The molecule has 108 valence electrons. The first-order valence-electron chi connectivity index (χ1n) is 6.90. The Bertz CT molecular complexity index is 775. The van der Waals surface area contributed by atoms with Crippen LogP contribution in [0.3, 0.4) is 0 Å². The SMILES string of the molecule is N#Cc1ccc(NC(=O)C(=O)N2CCc3ccccc32)cc1. The van der Waals surface area contributed by atoms with Gasteiger partial charge in [0.2, 0.25) is 0 Å². The molecule has 0 atom stereocenters. The number of nitrogens with one attached hydrogen (secondary N) is 1. The highest BCUT2D eigenvalue weighted by molar-refractivity contribution is 6.44. The molecule has 0 radical (unpaired) electrons. The highest BCUT2D eigenvalue weighted by Crippen LogP contribution is 2.27. The van der Waals surface area contributed by atoms with Crippen LogP contribution < -0.4 is 10.2 Å². The van der Waals surface area contributed by atoms with E-state index in [2.05, 4.69) is 5.32 Å². The molecule has 3 rings (SSSR count). The van der Waals surface area contributed by atoms with Crippen LogP contribution in [-0.4, -0.2) is 18.4 Å². The van der Waals surface area contributed by atoms with E-state index in [1.54, 1.807) is 24.3 Å². The van der Waals surface area contributed by atoms with E-state index in [-0.39, 0.29) is 0 Å². The Hall–Kier alpha value is -3.13. The zero-order chi connectivity index (χ0) is 15.5. The van der Waals surface area contributed by atoms with E-state index in [9.17, 15) is 9.59 Å². The average molecular weight is 291 g/mol. The van der Waals surface area contributed by atoms with Crippen LogP contribution in [0.1, 0.15) is 11.1 Å². The van der Waals surface area contributed by atoms with Gasteiger partial charge in [-0.2, -0.15) is 5.26 Å². The molecule has 2 aromatic rings. The van der Waals surface area contributed by atoms with Crippen molar-refractivity contribution in [3.8, 4) is 6.07 Å². The molecule has 1 N–H and O–H groups in total. The molecular weight excluding hydrogens is 278 g/mol. The van der Waals surface area contributed by atoms with Gasteiger partial charge in [0, 0.05) is 17.9 Å². The minimum atomic E-state index is -0.679. The maximum Gasteiger partial charge on any atom is 0.316 e. The van der Waals surface area contributed by atoms with Crippen molar-refractivity contribution in [2.45, 2.75) is 6.42 Å². The molecule has 22 heavy (non-hydrogen) atoms. The van der Waals surface area contributed by atoms with Crippen molar-refractivity contribution in [3.05, 3.63) is 59.7 Å². The second-order valence-corrected chi connectivity index (χ2v) is 4.98. The second kappa shape index (κ2) is 5.70. The van der Waals surface area contributed by atoms with Crippen LogP contribution in [0.2, 0.25) is 0 Å². The third-order valence-corrected chi connectivity index (χ3v) is 3.60. The lowest BCUT2D eigenvalue weighted by molar-refractivity contribution is -0.134. The van der Waals surface area contributed by atoms with Gasteiger partial charge in [0.05, 0.1) is 11.6 Å². The number of anilines is 2. The van der Waals surface area contributed by atoms with E-state index in [4.69, 9.17) is 5.26 Å². The number of carbonyl (C=O) groups is 2. The van der Waals surface area contributed by atoms with Gasteiger partial charge in [-0.15, -0.1) is 0 Å². The predicted molar refractivity (Wildman–Crippen MR) is 82.3 cm³/mol. The lowest BCUT2D eigenvalue weighted by atomic mass is 10.2. The Balaban J connectivity index is 1.73. The minimum Gasteiger partial charge on any atom is -0.318 e. The summed E-state index contributed by atoms with van der Waals surface area (Å²) in [4.78, 5) is 25.9. The van der Waals surface area contributed by atoms with E-state index >= 15 is 0 Å². The van der Waals surface area contributed by atoms with Crippen LogP contribution in [0, 0.1) is 11.3 Å². The zero-order valence-electron chi connectivity index (χ0n) is 11.7. The number of para-hydroxylation sites is 1. The van der Waals surface area contributed by atoms with Gasteiger partial charge in [0.1, 0.15) is 0 Å². The standard InChI is InChI=1S/C17H13N3O2/c18-11-12-5-7-14(8-6-12)19-16(21)17(22)20-10-9-13-3-1-2-4-15(13)20/h1-8H,9-10H2,(H,19,21). The van der Waals surface area contributed by atoms with E-state index in [0.717, 1.165) is 17.7 Å².